The molecular weight excluding hydrogens is 834 g/mol. The largest absolute Gasteiger partial charge is 0.396 e. The first kappa shape index (κ1) is 42.6. The number of benzene rings is 1. The minimum atomic E-state index is -3.72. The summed E-state index contributed by atoms with van der Waals surface area (Å²) in [6, 6.07) is 8.48. The summed E-state index contributed by atoms with van der Waals surface area (Å²) < 4.78 is 34.3. The number of ether oxygens (including phenoxy) is 2. The number of imidazole rings is 2. The minimum absolute atomic E-state index is 0.0214. The topological polar surface area (TPSA) is 256 Å². The Morgan fingerprint density at radius 1 is 1.11 bits per heavy atom. The maximum Gasteiger partial charge on any atom is 0.327 e. The van der Waals surface area contributed by atoms with Crippen molar-refractivity contribution in [2.45, 2.75) is 63.9 Å². The van der Waals surface area contributed by atoms with Crippen molar-refractivity contribution in [3.63, 3.8) is 0 Å². The smallest absolute Gasteiger partial charge is 0.327 e. The molecule has 3 aliphatic rings. The van der Waals surface area contributed by atoms with Crippen LogP contribution in [-0.4, -0.2) is 119 Å². The highest BCUT2D eigenvalue weighted by atomic mass is 32.5. The molecule has 0 radical (unpaired) electrons. The number of aliphatic hydroxyl groups excluding tert-OH is 2. The first-order valence-electron chi connectivity index (χ1n) is 19.5. The quantitative estimate of drug-likeness (QED) is 0.0543. The molecule has 1 aliphatic heterocycles. The lowest BCUT2D eigenvalue weighted by atomic mass is 9.94. The fourth-order valence-corrected chi connectivity index (χ4v) is 10.7. The lowest BCUT2D eigenvalue weighted by Crippen LogP contribution is -2.36. The van der Waals surface area contributed by atoms with E-state index in [1.807, 2.05) is 17.6 Å². The van der Waals surface area contributed by atoms with Gasteiger partial charge in [0.05, 0.1) is 32.0 Å². The molecule has 10 atom stereocenters. The van der Waals surface area contributed by atoms with Gasteiger partial charge in [-0.25, -0.2) is 26.5 Å². The van der Waals surface area contributed by atoms with Gasteiger partial charge in [0.2, 0.25) is 18.4 Å². The summed E-state index contributed by atoms with van der Waals surface area (Å²) in [7, 11) is 1.39. The molecule has 2 aliphatic carbocycles. The molecule has 5 heterocycles. The molecule has 5 aromatic rings. The number of anilines is 2. The summed E-state index contributed by atoms with van der Waals surface area (Å²) in [4.78, 5) is 66.1. The Morgan fingerprint density at radius 2 is 1.87 bits per heavy atom. The van der Waals surface area contributed by atoms with Crippen LogP contribution in [0.4, 0.5) is 11.8 Å². The highest BCUT2D eigenvalue weighted by Crippen LogP contribution is 2.73. The second kappa shape index (κ2) is 17.0. The summed E-state index contributed by atoms with van der Waals surface area (Å²) >= 11 is 6.00. The molecule has 0 bridgehead atoms. The van der Waals surface area contributed by atoms with E-state index >= 15 is 0 Å². The van der Waals surface area contributed by atoms with E-state index in [0.717, 1.165) is 0 Å². The highest BCUT2D eigenvalue weighted by Gasteiger charge is 2.72. The lowest BCUT2D eigenvalue weighted by Gasteiger charge is -2.33. The zero-order chi connectivity index (χ0) is 43.2. The molecule has 1 unspecified atom stereocenters. The molecule has 1 aromatic carbocycles. The number of aromatic nitrogens is 8. The van der Waals surface area contributed by atoms with Crippen LogP contribution in [0.2, 0.25) is 0 Å². The van der Waals surface area contributed by atoms with Gasteiger partial charge < -0.3 is 48.0 Å². The van der Waals surface area contributed by atoms with Crippen LogP contribution in [0.5, 0.6) is 0 Å². The average Bonchev–Trinajstić information content (AvgIpc) is 3.51. The number of hydrogen-bond acceptors (Lipinski definition) is 16. The van der Waals surface area contributed by atoms with Crippen molar-refractivity contribution in [3.8, 4) is 0 Å². The second-order valence-electron chi connectivity index (χ2n) is 15.5. The number of methoxy groups -OCH3 is 1. The molecular formula is C38H44N11O10PS. The third kappa shape index (κ3) is 7.86. The Labute approximate surface area is 353 Å². The molecule has 8 rings (SSSR count). The predicted octanol–water partition coefficient (Wildman–Crippen LogP) is 2.83. The standard InChI is InChI=1S/C38H44N11O10PS/c1-19(2)33(52)46-37-45-32-25(35(54)47-37)43-18-49(32)36-27(51)28(55-5)23(58-36)14-57-60(61,56-12-11-39-4)59-29-20(3)26(22-13-38(22,29)15-50)48-17-42-24-30(40-16-41-31(24)48)44-34(53)21-9-7-6-8-10-21/h6-10,16-20,22-23,26-29,36,50-51H,11-15H2,1-3,5H3,(H,40,41,44,53)(H2,45,46,47,52,54)/t20-,22+,23+,26-,27+,28+,29-,36+,38+,60?/m0/s1. The number of carbonyl (C=O) groups excluding carboxylic acids is 2. The lowest BCUT2D eigenvalue weighted by molar-refractivity contribution is -0.118. The number of nitrogens with one attached hydrogen (secondary N) is 3. The monoisotopic (exact) mass is 877 g/mol. The van der Waals surface area contributed by atoms with Gasteiger partial charge in [-0.2, -0.15) is 4.98 Å². The number of H-pyrrole nitrogens is 1. The predicted molar refractivity (Wildman–Crippen MR) is 220 cm³/mol. The van der Waals surface area contributed by atoms with Gasteiger partial charge >= 0.3 is 6.72 Å². The van der Waals surface area contributed by atoms with Crippen LogP contribution in [-0.2, 0) is 39.6 Å². The van der Waals surface area contributed by atoms with Crippen LogP contribution in [0.25, 0.3) is 27.2 Å². The van der Waals surface area contributed by atoms with Crippen LogP contribution in [0.15, 0.2) is 54.1 Å². The number of hydrogen-bond donors (Lipinski definition) is 5. The molecule has 5 N–H and O–H groups in total. The summed E-state index contributed by atoms with van der Waals surface area (Å²) in [5, 5.41) is 27.8. The Morgan fingerprint density at radius 3 is 2.59 bits per heavy atom. The van der Waals surface area contributed by atoms with E-state index in [-0.39, 0.29) is 84.9 Å². The van der Waals surface area contributed by atoms with E-state index < -0.39 is 48.3 Å². The number of fused-ring (bicyclic) bond motifs is 3. The number of aromatic amines is 1. The van der Waals surface area contributed by atoms with Crippen molar-refractivity contribution in [2.75, 3.05) is 44.1 Å². The third-order valence-corrected chi connectivity index (χ3v) is 13.9. The molecule has 1 saturated heterocycles. The van der Waals surface area contributed by atoms with Crippen molar-refractivity contribution in [2.24, 2.45) is 23.2 Å². The normalized spacial score (nSPS) is 27.8. The number of carbonyl (C=O) groups is 2. The molecule has 2 amide bonds. The van der Waals surface area contributed by atoms with E-state index in [0.29, 0.717) is 23.1 Å². The van der Waals surface area contributed by atoms with Crippen LogP contribution >= 0.6 is 6.72 Å². The molecule has 21 nitrogen and oxygen atoms in total. The Balaban J connectivity index is 1.02. The van der Waals surface area contributed by atoms with Crippen molar-refractivity contribution in [3.05, 3.63) is 76.6 Å². The van der Waals surface area contributed by atoms with Gasteiger partial charge in [-0.3, -0.25) is 29.3 Å². The fourth-order valence-electron chi connectivity index (χ4n) is 8.47. The van der Waals surface area contributed by atoms with Gasteiger partial charge in [-0.1, -0.05) is 39.0 Å². The molecule has 61 heavy (non-hydrogen) atoms. The van der Waals surface area contributed by atoms with Crippen LogP contribution < -0.4 is 16.2 Å². The zero-order valence-corrected chi connectivity index (χ0v) is 35.2. The average molecular weight is 878 g/mol. The molecule has 23 heteroatoms. The van der Waals surface area contributed by atoms with Crippen molar-refractivity contribution in [1.82, 2.24) is 39.0 Å². The Bertz CT molecular complexity index is 2600. The third-order valence-electron chi connectivity index (χ3n) is 11.6. The van der Waals surface area contributed by atoms with E-state index in [1.165, 1.54) is 24.3 Å². The number of nitrogens with zero attached hydrogens (tertiary/aromatic N) is 8. The molecule has 4 aromatic heterocycles. The van der Waals surface area contributed by atoms with Crippen molar-refractivity contribution in [1.29, 1.82) is 0 Å². The maximum absolute atomic E-state index is 13.0. The van der Waals surface area contributed by atoms with E-state index in [2.05, 4.69) is 45.4 Å². The van der Waals surface area contributed by atoms with Crippen LogP contribution in [0.3, 0.4) is 0 Å². The van der Waals surface area contributed by atoms with E-state index in [9.17, 15) is 24.6 Å². The van der Waals surface area contributed by atoms with Crippen LogP contribution in [0.1, 0.15) is 49.8 Å². The second-order valence-corrected chi connectivity index (χ2v) is 18.5. The SMILES string of the molecule is [C-]#[N+]CCOP(=S)(OC[C@H]1O[C@@H](n2cnc3c(=O)[nH]c(NC(=O)C(C)C)nc32)[C@H](O)[C@@H]1OC)O[C@H]1[C@@H](C)[C@H](n2cnc3c(NC(=O)c4ccccc4)ncnc32)[C@H]2C[C@@]21CO. The summed E-state index contributed by atoms with van der Waals surface area (Å²) in [6.45, 7) is 8.34. The fraction of sp³-hybridized carbons (Fsp3) is 0.500. The van der Waals surface area contributed by atoms with Gasteiger partial charge in [0.1, 0.15) is 31.2 Å². The summed E-state index contributed by atoms with van der Waals surface area (Å²) in [5.74, 6) is -1.32. The van der Waals surface area contributed by atoms with Gasteiger partial charge in [0.25, 0.3) is 11.5 Å². The molecule has 3 fully saturated rings. The van der Waals surface area contributed by atoms with Gasteiger partial charge in [-0.15, -0.1) is 0 Å². The van der Waals surface area contributed by atoms with Gasteiger partial charge in [0, 0.05) is 36.0 Å². The van der Waals surface area contributed by atoms with Gasteiger partial charge in [-0.05, 0) is 36.3 Å². The first-order chi connectivity index (χ1) is 29.3. The zero-order valence-electron chi connectivity index (χ0n) is 33.4. The maximum atomic E-state index is 13.0. The van der Waals surface area contributed by atoms with E-state index in [4.69, 9.17) is 41.4 Å². The Kier molecular flexibility index (Phi) is 11.9. The Hall–Kier alpha value is -5.08. The minimum Gasteiger partial charge on any atom is -0.396 e. The van der Waals surface area contributed by atoms with Gasteiger partial charge in [0.15, 0.2) is 34.4 Å². The molecule has 322 valence electrons. The first-order valence-corrected chi connectivity index (χ1v) is 22.1. The van der Waals surface area contributed by atoms with Crippen molar-refractivity contribution < 1.29 is 42.8 Å². The number of aliphatic hydroxyl groups is 2. The summed E-state index contributed by atoms with van der Waals surface area (Å²) in [6.07, 6.45) is -0.185. The van der Waals surface area contributed by atoms with Crippen LogP contribution in [0, 0.1) is 29.7 Å². The highest BCUT2D eigenvalue weighted by molar-refractivity contribution is 8.07. The van der Waals surface area contributed by atoms with Crippen molar-refractivity contribution >= 4 is 64.4 Å². The molecule has 2 saturated carbocycles. The van der Waals surface area contributed by atoms with E-state index in [1.54, 1.807) is 44.4 Å². The number of rotatable bonds is 16. The molecule has 0 spiro atoms. The number of amides is 2. The summed E-state index contributed by atoms with van der Waals surface area (Å²) in [5.41, 5.74) is 0.00978.